The predicted molar refractivity (Wildman–Crippen MR) is 80.1 cm³/mol. The van der Waals surface area contributed by atoms with Crippen LogP contribution < -0.4 is 5.73 Å². The second-order valence-corrected chi connectivity index (χ2v) is 6.04. The summed E-state index contributed by atoms with van der Waals surface area (Å²) in [5.74, 6) is 0.368. The molecule has 3 unspecified atom stereocenters. The van der Waals surface area contributed by atoms with Crippen molar-refractivity contribution >= 4 is 5.97 Å². The van der Waals surface area contributed by atoms with Gasteiger partial charge in [0.25, 0.3) is 0 Å². The molecule has 2 rings (SSSR count). The molecule has 1 saturated carbocycles. The highest BCUT2D eigenvalue weighted by Gasteiger charge is 2.35. The van der Waals surface area contributed by atoms with Gasteiger partial charge < -0.3 is 10.5 Å². The average molecular weight is 275 g/mol. The summed E-state index contributed by atoms with van der Waals surface area (Å²) in [6.45, 7) is 3.93. The molecule has 1 aliphatic carbocycles. The Morgan fingerprint density at radius 1 is 1.35 bits per heavy atom. The molecule has 1 fully saturated rings. The maximum Gasteiger partial charge on any atom is 0.330 e. The van der Waals surface area contributed by atoms with Crippen molar-refractivity contribution in [1.82, 2.24) is 0 Å². The summed E-state index contributed by atoms with van der Waals surface area (Å²) in [6.07, 6.45) is 5.53. The summed E-state index contributed by atoms with van der Waals surface area (Å²) in [5, 5.41) is 0. The maximum atomic E-state index is 12.4. The highest BCUT2D eigenvalue weighted by atomic mass is 16.5. The Hall–Kier alpha value is -1.35. The fourth-order valence-electron chi connectivity index (χ4n) is 2.90. The zero-order valence-electron chi connectivity index (χ0n) is 12.5. The van der Waals surface area contributed by atoms with Crippen LogP contribution in [0.5, 0.6) is 0 Å². The Bertz CT molecular complexity index is 442. The normalized spacial score (nSPS) is 25.8. The van der Waals surface area contributed by atoms with Crippen molar-refractivity contribution in [1.29, 1.82) is 0 Å². The summed E-state index contributed by atoms with van der Waals surface area (Å²) in [7, 11) is 0. The van der Waals surface area contributed by atoms with Gasteiger partial charge in [-0.2, -0.15) is 0 Å². The molecular weight excluding hydrogens is 250 g/mol. The average Bonchev–Trinajstić information content (AvgIpc) is 2.48. The standard InChI is InChI=1S/C17H25NO2/c1-3-13-8-7-11-15(12-13)20-16(19)17(2,18)14-9-5-4-6-10-14/h4-6,9-10,13,15H,3,7-8,11-12,18H2,1-2H3. The molecule has 0 bridgehead atoms. The number of carbonyl (C=O) groups excluding carboxylic acids is 1. The summed E-state index contributed by atoms with van der Waals surface area (Å²) in [4.78, 5) is 12.4. The quantitative estimate of drug-likeness (QED) is 0.857. The third-order valence-corrected chi connectivity index (χ3v) is 4.38. The Balaban J connectivity index is 2.00. The molecule has 0 amide bonds. The van der Waals surface area contributed by atoms with Gasteiger partial charge in [0, 0.05) is 0 Å². The van der Waals surface area contributed by atoms with Gasteiger partial charge in [0.2, 0.25) is 0 Å². The first-order valence-corrected chi connectivity index (χ1v) is 7.59. The van der Waals surface area contributed by atoms with E-state index >= 15 is 0 Å². The number of hydrogen-bond donors (Lipinski definition) is 1. The highest BCUT2D eigenvalue weighted by Crippen LogP contribution is 2.30. The van der Waals surface area contributed by atoms with Crippen LogP contribution in [0, 0.1) is 5.92 Å². The van der Waals surface area contributed by atoms with Crippen molar-refractivity contribution in [3.63, 3.8) is 0 Å². The number of esters is 1. The van der Waals surface area contributed by atoms with Gasteiger partial charge in [-0.1, -0.05) is 50.1 Å². The molecule has 1 aromatic carbocycles. The van der Waals surface area contributed by atoms with E-state index < -0.39 is 5.54 Å². The van der Waals surface area contributed by atoms with Crippen LogP contribution in [-0.4, -0.2) is 12.1 Å². The number of ether oxygens (including phenoxy) is 1. The van der Waals surface area contributed by atoms with Crippen molar-refractivity contribution in [3.8, 4) is 0 Å². The number of hydrogen-bond acceptors (Lipinski definition) is 3. The third-order valence-electron chi connectivity index (χ3n) is 4.38. The molecule has 2 N–H and O–H groups in total. The number of carbonyl (C=O) groups is 1. The number of rotatable bonds is 4. The van der Waals surface area contributed by atoms with Crippen LogP contribution in [0.3, 0.4) is 0 Å². The first kappa shape index (κ1) is 15.0. The lowest BCUT2D eigenvalue weighted by Crippen LogP contribution is -2.45. The van der Waals surface area contributed by atoms with Gasteiger partial charge >= 0.3 is 5.97 Å². The predicted octanol–water partition coefficient (Wildman–Crippen LogP) is 3.37. The maximum absolute atomic E-state index is 12.4. The molecule has 3 atom stereocenters. The van der Waals surface area contributed by atoms with Crippen LogP contribution in [0.15, 0.2) is 30.3 Å². The van der Waals surface area contributed by atoms with Gasteiger partial charge in [0.1, 0.15) is 11.6 Å². The van der Waals surface area contributed by atoms with E-state index in [1.54, 1.807) is 6.92 Å². The molecule has 0 saturated heterocycles. The molecule has 1 aromatic rings. The Morgan fingerprint density at radius 3 is 2.70 bits per heavy atom. The molecule has 0 aliphatic heterocycles. The largest absolute Gasteiger partial charge is 0.461 e. The van der Waals surface area contributed by atoms with Gasteiger partial charge in [0.05, 0.1) is 0 Å². The first-order valence-electron chi connectivity index (χ1n) is 7.59. The van der Waals surface area contributed by atoms with E-state index in [-0.39, 0.29) is 12.1 Å². The molecule has 110 valence electrons. The first-order chi connectivity index (χ1) is 9.54. The highest BCUT2D eigenvalue weighted by molar-refractivity contribution is 5.82. The van der Waals surface area contributed by atoms with Gasteiger partial charge in [0.15, 0.2) is 0 Å². The minimum absolute atomic E-state index is 0.0350. The molecule has 3 heteroatoms. The molecule has 3 nitrogen and oxygen atoms in total. The van der Waals surface area contributed by atoms with E-state index in [2.05, 4.69) is 6.92 Å². The lowest BCUT2D eigenvalue weighted by molar-refractivity contribution is -0.157. The Kier molecular flexibility index (Phi) is 4.81. The van der Waals surface area contributed by atoms with E-state index in [0.29, 0.717) is 5.92 Å². The molecule has 1 aliphatic rings. The number of nitrogens with two attached hydrogens (primary N) is 1. The van der Waals surface area contributed by atoms with Crippen LogP contribution in [0.25, 0.3) is 0 Å². The van der Waals surface area contributed by atoms with Crippen LogP contribution in [0.4, 0.5) is 0 Å². The zero-order chi connectivity index (χ0) is 14.6. The van der Waals surface area contributed by atoms with Gasteiger partial charge in [-0.25, -0.2) is 4.79 Å². The minimum Gasteiger partial charge on any atom is -0.461 e. The van der Waals surface area contributed by atoms with Crippen LogP contribution in [0.2, 0.25) is 0 Å². The lowest BCUT2D eigenvalue weighted by atomic mass is 9.85. The monoisotopic (exact) mass is 275 g/mol. The van der Waals surface area contributed by atoms with E-state index in [9.17, 15) is 4.79 Å². The third kappa shape index (κ3) is 3.40. The van der Waals surface area contributed by atoms with Gasteiger partial charge in [-0.05, 0) is 37.7 Å². The Morgan fingerprint density at radius 2 is 2.05 bits per heavy atom. The molecule has 20 heavy (non-hydrogen) atoms. The summed E-state index contributed by atoms with van der Waals surface area (Å²) >= 11 is 0. The minimum atomic E-state index is -1.07. The van der Waals surface area contributed by atoms with E-state index in [1.165, 1.54) is 6.42 Å². The van der Waals surface area contributed by atoms with Crippen LogP contribution in [-0.2, 0) is 15.1 Å². The molecule has 0 radical (unpaired) electrons. The van der Waals surface area contributed by atoms with Gasteiger partial charge in [-0.15, -0.1) is 0 Å². The van der Waals surface area contributed by atoms with E-state index in [0.717, 1.165) is 31.2 Å². The molecule has 0 aromatic heterocycles. The fourth-order valence-corrected chi connectivity index (χ4v) is 2.90. The second-order valence-electron chi connectivity index (χ2n) is 6.04. The molecule has 0 spiro atoms. The van der Waals surface area contributed by atoms with Crippen molar-refractivity contribution in [2.24, 2.45) is 11.7 Å². The molecular formula is C17H25NO2. The number of benzene rings is 1. The molecule has 0 heterocycles. The van der Waals surface area contributed by atoms with Crippen LogP contribution in [0.1, 0.15) is 51.5 Å². The van der Waals surface area contributed by atoms with Crippen molar-refractivity contribution < 1.29 is 9.53 Å². The summed E-state index contributed by atoms with van der Waals surface area (Å²) in [6, 6.07) is 9.44. The Labute approximate surface area is 121 Å². The van der Waals surface area contributed by atoms with Crippen molar-refractivity contribution in [2.75, 3.05) is 0 Å². The van der Waals surface area contributed by atoms with Crippen LogP contribution >= 0.6 is 0 Å². The van der Waals surface area contributed by atoms with E-state index in [1.807, 2.05) is 30.3 Å². The second kappa shape index (κ2) is 6.40. The smallest absolute Gasteiger partial charge is 0.330 e. The summed E-state index contributed by atoms with van der Waals surface area (Å²) in [5.41, 5.74) is 5.92. The van der Waals surface area contributed by atoms with Gasteiger partial charge in [-0.3, -0.25) is 0 Å². The van der Waals surface area contributed by atoms with Crippen molar-refractivity contribution in [2.45, 2.75) is 57.6 Å². The topological polar surface area (TPSA) is 52.3 Å². The van der Waals surface area contributed by atoms with E-state index in [4.69, 9.17) is 10.5 Å². The fraction of sp³-hybridized carbons (Fsp3) is 0.588. The zero-order valence-corrected chi connectivity index (χ0v) is 12.5. The summed E-state index contributed by atoms with van der Waals surface area (Å²) < 4.78 is 5.68. The van der Waals surface area contributed by atoms with Crippen molar-refractivity contribution in [3.05, 3.63) is 35.9 Å². The SMILES string of the molecule is CCC1CCCC(OC(=O)C(C)(N)c2ccccc2)C1. The lowest BCUT2D eigenvalue weighted by Gasteiger charge is -2.31.